The summed E-state index contributed by atoms with van der Waals surface area (Å²) >= 11 is 3.31. The second-order valence-corrected chi connectivity index (χ2v) is 7.13. The minimum Gasteiger partial charge on any atom is -0.444 e. The molecule has 122 valence electrons. The van der Waals surface area contributed by atoms with Crippen molar-refractivity contribution in [1.82, 2.24) is 9.80 Å². The third-order valence-electron chi connectivity index (χ3n) is 2.52. The molecule has 5 heteroatoms. The maximum atomic E-state index is 12.0. The molecule has 1 saturated heterocycles. The normalized spacial score (nSPS) is 17.2. The van der Waals surface area contributed by atoms with Gasteiger partial charge in [-0.15, -0.1) is 0 Å². The summed E-state index contributed by atoms with van der Waals surface area (Å²) < 4.78 is 6.17. The van der Waals surface area contributed by atoms with Crippen molar-refractivity contribution in [2.24, 2.45) is 0 Å². The van der Waals surface area contributed by atoms with E-state index in [2.05, 4.69) is 41.3 Å². The molecule has 0 spiro atoms. The van der Waals surface area contributed by atoms with Gasteiger partial charge in [0.15, 0.2) is 0 Å². The zero-order chi connectivity index (χ0) is 16.6. The van der Waals surface area contributed by atoms with Crippen molar-refractivity contribution >= 4 is 22.0 Å². The van der Waals surface area contributed by atoms with E-state index in [1.54, 1.807) is 4.90 Å². The summed E-state index contributed by atoms with van der Waals surface area (Å²) in [6, 6.07) is 0. The molecule has 0 atom stereocenters. The molecule has 21 heavy (non-hydrogen) atoms. The minimum absolute atomic E-state index is 0.262. The number of carbonyl (C=O) groups excluding carboxylic acids is 1. The standard InChI is InChI=1S/C13H21BrN2O2.C3H8/c1-10(14)8-11-9-16(7-6-15(11)5)12(17)18-13(2,3)4;1-3-2/h8H,1,6-7,9H2,2-5H3;3H2,1-2H3/b11-8-;. The van der Waals surface area contributed by atoms with Crippen molar-refractivity contribution in [2.75, 3.05) is 26.7 Å². The topological polar surface area (TPSA) is 32.8 Å². The molecule has 1 aliphatic heterocycles. The van der Waals surface area contributed by atoms with Crippen LogP contribution in [0.1, 0.15) is 41.0 Å². The number of carbonyl (C=O) groups is 1. The lowest BCUT2D eigenvalue weighted by atomic mass is 10.2. The molecule has 1 aliphatic rings. The average molecular weight is 361 g/mol. The molecule has 0 aromatic carbocycles. The fourth-order valence-corrected chi connectivity index (χ4v) is 1.89. The predicted octanol–water partition coefficient (Wildman–Crippen LogP) is 4.38. The Morgan fingerprint density at radius 1 is 1.38 bits per heavy atom. The van der Waals surface area contributed by atoms with Gasteiger partial charge in [-0.2, -0.15) is 0 Å². The molecule has 0 aromatic rings. The van der Waals surface area contributed by atoms with Crippen LogP contribution in [0.15, 0.2) is 22.8 Å². The third kappa shape index (κ3) is 8.81. The molecule has 0 N–H and O–H groups in total. The van der Waals surface area contributed by atoms with E-state index in [1.807, 2.05) is 33.9 Å². The van der Waals surface area contributed by atoms with Gasteiger partial charge in [0.1, 0.15) is 5.60 Å². The van der Waals surface area contributed by atoms with Crippen LogP contribution in [0.5, 0.6) is 0 Å². The number of amides is 1. The van der Waals surface area contributed by atoms with Crippen molar-refractivity contribution in [2.45, 2.75) is 46.6 Å². The Bertz CT molecular complexity index is 386. The highest BCUT2D eigenvalue weighted by Gasteiger charge is 2.26. The molecule has 0 unspecified atom stereocenters. The predicted molar refractivity (Wildman–Crippen MR) is 92.6 cm³/mol. The number of nitrogens with zero attached hydrogens (tertiary/aromatic N) is 2. The van der Waals surface area contributed by atoms with Gasteiger partial charge in [-0.1, -0.05) is 42.8 Å². The van der Waals surface area contributed by atoms with Crippen LogP contribution in [0.2, 0.25) is 0 Å². The van der Waals surface area contributed by atoms with Crippen LogP contribution < -0.4 is 0 Å². The maximum absolute atomic E-state index is 12.0. The summed E-state index contributed by atoms with van der Waals surface area (Å²) in [6.45, 7) is 15.7. The quantitative estimate of drug-likeness (QED) is 0.695. The van der Waals surface area contributed by atoms with E-state index in [1.165, 1.54) is 6.42 Å². The van der Waals surface area contributed by atoms with E-state index >= 15 is 0 Å². The van der Waals surface area contributed by atoms with Crippen LogP contribution in [0.25, 0.3) is 0 Å². The number of piperazine rings is 1. The van der Waals surface area contributed by atoms with E-state index in [0.29, 0.717) is 13.1 Å². The van der Waals surface area contributed by atoms with E-state index in [-0.39, 0.29) is 6.09 Å². The molecule has 0 saturated carbocycles. The average Bonchev–Trinajstić information content (AvgIpc) is 2.30. The summed E-state index contributed by atoms with van der Waals surface area (Å²) in [5.74, 6) is 0. The molecule has 0 aliphatic carbocycles. The molecule has 1 fully saturated rings. The first-order valence-electron chi connectivity index (χ1n) is 7.34. The van der Waals surface area contributed by atoms with Crippen LogP contribution in [-0.2, 0) is 4.74 Å². The van der Waals surface area contributed by atoms with Crippen molar-refractivity contribution < 1.29 is 9.53 Å². The SMILES string of the molecule is C=C(Br)/C=C1/CN(C(=O)OC(C)(C)C)CCN1C.CCC. The lowest BCUT2D eigenvalue weighted by Gasteiger charge is -2.36. The summed E-state index contributed by atoms with van der Waals surface area (Å²) in [4.78, 5) is 15.8. The smallest absolute Gasteiger partial charge is 0.410 e. The van der Waals surface area contributed by atoms with Crippen LogP contribution in [0, 0.1) is 0 Å². The first-order chi connectivity index (χ1) is 9.60. The van der Waals surface area contributed by atoms with Crippen LogP contribution >= 0.6 is 15.9 Å². The number of rotatable bonds is 1. The fourth-order valence-electron chi connectivity index (χ4n) is 1.63. The lowest BCUT2D eigenvalue weighted by molar-refractivity contribution is 0.0209. The minimum atomic E-state index is -0.455. The molecule has 0 bridgehead atoms. The van der Waals surface area contributed by atoms with Gasteiger partial charge >= 0.3 is 6.09 Å². The van der Waals surface area contributed by atoms with Crippen molar-refractivity contribution in [1.29, 1.82) is 0 Å². The maximum Gasteiger partial charge on any atom is 0.410 e. The summed E-state index contributed by atoms with van der Waals surface area (Å²) in [7, 11) is 2.01. The lowest BCUT2D eigenvalue weighted by Crippen LogP contribution is -2.47. The van der Waals surface area contributed by atoms with Crippen LogP contribution in [0.4, 0.5) is 4.79 Å². The zero-order valence-corrected chi connectivity index (χ0v) is 15.8. The Morgan fingerprint density at radius 2 is 1.90 bits per heavy atom. The Hall–Kier alpha value is -0.970. The van der Waals surface area contributed by atoms with E-state index in [4.69, 9.17) is 4.74 Å². The van der Waals surface area contributed by atoms with E-state index < -0.39 is 5.60 Å². The van der Waals surface area contributed by atoms with Crippen LogP contribution in [0.3, 0.4) is 0 Å². The molecule has 1 rings (SSSR count). The number of halogens is 1. The van der Waals surface area contributed by atoms with Gasteiger partial charge < -0.3 is 14.5 Å². The second kappa shape index (κ2) is 9.13. The van der Waals surface area contributed by atoms with E-state index in [9.17, 15) is 4.79 Å². The van der Waals surface area contributed by atoms with Gasteiger partial charge in [-0.25, -0.2) is 4.79 Å². The molecule has 1 heterocycles. The highest BCUT2D eigenvalue weighted by Crippen LogP contribution is 2.18. The summed E-state index contributed by atoms with van der Waals surface area (Å²) in [5, 5.41) is 0. The monoisotopic (exact) mass is 360 g/mol. The number of allylic oxidation sites excluding steroid dienone is 2. The Labute approximate surface area is 137 Å². The molecule has 0 radical (unpaired) electrons. The molecule has 4 nitrogen and oxygen atoms in total. The third-order valence-corrected chi connectivity index (χ3v) is 2.75. The Kier molecular flexibility index (Phi) is 8.71. The number of hydrogen-bond donors (Lipinski definition) is 0. The number of likely N-dealkylation sites (N-methyl/N-ethyl adjacent to an activating group) is 1. The van der Waals surface area contributed by atoms with Gasteiger partial charge in [0.05, 0.1) is 6.54 Å². The largest absolute Gasteiger partial charge is 0.444 e. The second-order valence-electron chi connectivity index (χ2n) is 6.11. The van der Waals surface area contributed by atoms with Crippen molar-refractivity contribution in [3.05, 3.63) is 22.8 Å². The Balaban J connectivity index is 0.00000122. The summed E-state index contributed by atoms with van der Waals surface area (Å²) in [6.07, 6.45) is 2.91. The van der Waals surface area contributed by atoms with Gasteiger partial charge in [-0.05, 0) is 26.8 Å². The Morgan fingerprint density at radius 3 is 2.33 bits per heavy atom. The highest BCUT2D eigenvalue weighted by atomic mass is 79.9. The molecular weight excluding hydrogens is 332 g/mol. The first kappa shape index (κ1) is 20.0. The molecular formula is C16H29BrN2O2. The van der Waals surface area contributed by atoms with Crippen molar-refractivity contribution in [3.8, 4) is 0 Å². The number of hydrogen-bond acceptors (Lipinski definition) is 3. The van der Waals surface area contributed by atoms with Gasteiger partial charge in [-0.3, -0.25) is 0 Å². The fraction of sp³-hybridized carbons (Fsp3) is 0.688. The van der Waals surface area contributed by atoms with E-state index in [0.717, 1.165) is 16.7 Å². The summed E-state index contributed by atoms with van der Waals surface area (Å²) in [5.41, 5.74) is 0.595. The molecule has 1 amide bonds. The number of ether oxygens (including phenoxy) is 1. The van der Waals surface area contributed by atoms with Gasteiger partial charge in [0.2, 0.25) is 0 Å². The van der Waals surface area contributed by atoms with Crippen molar-refractivity contribution in [3.63, 3.8) is 0 Å². The highest BCUT2D eigenvalue weighted by molar-refractivity contribution is 9.11. The molecule has 0 aromatic heterocycles. The zero-order valence-electron chi connectivity index (χ0n) is 14.2. The van der Waals surface area contributed by atoms with Gasteiger partial charge in [0, 0.05) is 30.3 Å². The first-order valence-corrected chi connectivity index (χ1v) is 8.14. The van der Waals surface area contributed by atoms with Crippen LogP contribution in [-0.4, -0.2) is 48.2 Å². The van der Waals surface area contributed by atoms with Gasteiger partial charge in [0.25, 0.3) is 0 Å².